The van der Waals surface area contributed by atoms with Crippen molar-refractivity contribution in [3.63, 3.8) is 0 Å². The number of halogens is 2. The van der Waals surface area contributed by atoms with E-state index in [0.717, 1.165) is 12.1 Å². The fraction of sp³-hybridized carbons (Fsp3) is 0.304. The number of fused-ring (bicyclic) bond motifs is 1. The highest BCUT2D eigenvalue weighted by molar-refractivity contribution is 6.31. The number of carbonyl (C=O) groups is 4. The van der Waals surface area contributed by atoms with Crippen molar-refractivity contribution in [1.29, 1.82) is 0 Å². The Morgan fingerprint density at radius 1 is 1.15 bits per heavy atom. The van der Waals surface area contributed by atoms with Crippen molar-refractivity contribution in [2.45, 2.75) is 38.5 Å². The van der Waals surface area contributed by atoms with E-state index < -0.39 is 48.1 Å². The van der Waals surface area contributed by atoms with Crippen molar-refractivity contribution in [2.75, 3.05) is 6.54 Å². The van der Waals surface area contributed by atoms with Crippen LogP contribution < -0.4 is 15.4 Å². The maximum absolute atomic E-state index is 13.6. The third-order valence-electron chi connectivity index (χ3n) is 5.20. The third kappa shape index (κ3) is 5.45. The Morgan fingerprint density at radius 3 is 2.44 bits per heavy atom. The Balaban J connectivity index is 2.02. The molecule has 0 aromatic heterocycles. The summed E-state index contributed by atoms with van der Waals surface area (Å²) in [5, 5.41) is 13.4. The molecule has 2 aromatic rings. The van der Waals surface area contributed by atoms with Crippen molar-refractivity contribution in [3.8, 4) is 5.75 Å². The monoisotopic (exact) mass is 492 g/mol. The van der Waals surface area contributed by atoms with Gasteiger partial charge in [0.15, 0.2) is 11.9 Å². The van der Waals surface area contributed by atoms with Crippen molar-refractivity contribution in [2.24, 2.45) is 0 Å². The van der Waals surface area contributed by atoms with E-state index in [1.54, 1.807) is 26.0 Å². The molecule has 1 aliphatic heterocycles. The molecule has 2 atom stereocenters. The van der Waals surface area contributed by atoms with Crippen molar-refractivity contribution in [3.05, 3.63) is 63.9 Å². The number of aliphatic carboxylic acids is 1. The van der Waals surface area contributed by atoms with Crippen LogP contribution >= 0.6 is 11.6 Å². The van der Waals surface area contributed by atoms with Gasteiger partial charge in [-0.1, -0.05) is 11.6 Å². The molecule has 3 N–H and O–H groups in total. The number of hydrogen-bond donors (Lipinski definition) is 3. The Kier molecular flexibility index (Phi) is 7.11. The maximum atomic E-state index is 13.6. The number of ether oxygens (including phenoxy) is 2. The molecule has 2 amide bonds. The molecule has 0 unspecified atom stereocenters. The van der Waals surface area contributed by atoms with Gasteiger partial charge in [-0.3, -0.25) is 14.4 Å². The van der Waals surface area contributed by atoms with E-state index in [9.17, 15) is 23.6 Å². The Hall–Kier alpha value is -3.66. The van der Waals surface area contributed by atoms with Crippen LogP contribution in [0.15, 0.2) is 36.4 Å². The molecule has 1 heterocycles. The summed E-state index contributed by atoms with van der Waals surface area (Å²) in [6.45, 7) is 3.94. The van der Waals surface area contributed by atoms with Gasteiger partial charge >= 0.3 is 12.1 Å². The lowest BCUT2D eigenvalue weighted by Gasteiger charge is -2.44. The van der Waals surface area contributed by atoms with Crippen LogP contribution in [0.1, 0.15) is 53.1 Å². The number of benzene rings is 2. The second-order valence-electron chi connectivity index (χ2n) is 8.17. The molecule has 9 nitrogen and oxygen atoms in total. The molecular weight excluding hydrogens is 471 g/mol. The minimum absolute atomic E-state index is 0.0500. The summed E-state index contributed by atoms with van der Waals surface area (Å²) in [4.78, 5) is 48.1. The van der Waals surface area contributed by atoms with E-state index >= 15 is 0 Å². The molecule has 0 radical (unpaired) electrons. The van der Waals surface area contributed by atoms with Crippen LogP contribution in [0.3, 0.4) is 0 Å². The summed E-state index contributed by atoms with van der Waals surface area (Å²) < 4.78 is 25.0. The van der Waals surface area contributed by atoms with Crippen LogP contribution in [0.25, 0.3) is 0 Å². The molecule has 2 aromatic carbocycles. The summed E-state index contributed by atoms with van der Waals surface area (Å²) in [5.74, 6) is -2.50. The zero-order chi connectivity index (χ0) is 25.2. The number of ketones is 1. The van der Waals surface area contributed by atoms with Crippen molar-refractivity contribution < 1.29 is 38.1 Å². The van der Waals surface area contributed by atoms with Gasteiger partial charge in [-0.15, -0.1) is 0 Å². The van der Waals surface area contributed by atoms with Crippen LogP contribution in [0.5, 0.6) is 5.75 Å². The number of carboxylic acids is 1. The average Bonchev–Trinajstić information content (AvgIpc) is 2.75. The smallest absolute Gasteiger partial charge is 0.408 e. The van der Waals surface area contributed by atoms with Crippen LogP contribution in [-0.2, 0) is 9.53 Å². The third-order valence-corrected chi connectivity index (χ3v) is 5.49. The van der Waals surface area contributed by atoms with E-state index in [0.29, 0.717) is 16.9 Å². The Labute approximate surface area is 199 Å². The minimum atomic E-state index is -1.27. The number of amides is 2. The predicted octanol–water partition coefficient (Wildman–Crippen LogP) is 3.50. The number of carboxylic acid groups (broad SMARTS) is 1. The SMILES string of the molecule is CC(=O)c1ccc2c(c1)[C@H](NC(=O)c1ccc(F)c(Cl)c1)[C@H](OC(=O)NCC(=O)O)C(C)(C)O2. The summed E-state index contributed by atoms with van der Waals surface area (Å²) in [7, 11) is 0. The molecule has 3 rings (SSSR count). The largest absolute Gasteiger partial charge is 0.484 e. The van der Waals surface area contributed by atoms with Gasteiger partial charge in [0.25, 0.3) is 5.91 Å². The summed E-state index contributed by atoms with van der Waals surface area (Å²) >= 11 is 5.80. The standard InChI is InChI=1S/C23H22ClFN2O7/c1-11(28)12-5-7-17-14(8-12)19(27-21(31)13-4-6-16(25)15(24)9-13)20(23(2,3)34-17)33-22(32)26-10-18(29)30/h4-9,19-20H,10H2,1-3H3,(H,26,32)(H,27,31)(H,29,30)/t19-,20-/m0/s1. The first kappa shape index (κ1) is 25.0. The molecule has 0 saturated carbocycles. The van der Waals surface area contributed by atoms with Crippen molar-refractivity contribution in [1.82, 2.24) is 10.6 Å². The molecule has 0 spiro atoms. The van der Waals surface area contributed by atoms with E-state index in [-0.39, 0.29) is 16.4 Å². The quantitative estimate of drug-likeness (QED) is 0.526. The van der Waals surface area contributed by atoms with Gasteiger partial charge in [-0.25, -0.2) is 9.18 Å². The second-order valence-corrected chi connectivity index (χ2v) is 8.57. The van der Waals surface area contributed by atoms with Gasteiger partial charge in [-0.2, -0.15) is 0 Å². The molecule has 1 aliphatic rings. The summed E-state index contributed by atoms with van der Waals surface area (Å²) in [5.41, 5.74) is -0.428. The molecule has 0 aliphatic carbocycles. The molecule has 0 saturated heterocycles. The second kappa shape index (κ2) is 9.68. The van der Waals surface area contributed by atoms with E-state index in [4.69, 9.17) is 26.2 Å². The van der Waals surface area contributed by atoms with Gasteiger partial charge in [0.2, 0.25) is 0 Å². The lowest BCUT2D eigenvalue weighted by molar-refractivity contribution is -0.136. The molecular formula is C23H22ClFN2O7. The minimum Gasteiger partial charge on any atom is -0.484 e. The van der Waals surface area contributed by atoms with E-state index in [2.05, 4.69) is 10.6 Å². The number of hydrogen-bond acceptors (Lipinski definition) is 6. The Bertz CT molecular complexity index is 1170. The van der Waals surface area contributed by atoms with Crippen molar-refractivity contribution >= 4 is 35.4 Å². The zero-order valence-electron chi connectivity index (χ0n) is 18.5. The van der Waals surface area contributed by atoms with E-state index in [1.165, 1.54) is 19.1 Å². The predicted molar refractivity (Wildman–Crippen MR) is 119 cm³/mol. The van der Waals surface area contributed by atoms with Crippen LogP contribution in [0.2, 0.25) is 5.02 Å². The number of alkyl carbamates (subject to hydrolysis) is 1. The number of nitrogens with one attached hydrogen (secondary N) is 2. The maximum Gasteiger partial charge on any atom is 0.408 e. The molecule has 0 bridgehead atoms. The number of carbonyl (C=O) groups excluding carboxylic acids is 3. The summed E-state index contributed by atoms with van der Waals surface area (Å²) in [6, 6.07) is 7.08. The average molecular weight is 493 g/mol. The lowest BCUT2D eigenvalue weighted by Crippen LogP contribution is -2.56. The van der Waals surface area contributed by atoms with Gasteiger partial charge < -0.3 is 25.2 Å². The molecule has 180 valence electrons. The topological polar surface area (TPSA) is 131 Å². The Morgan fingerprint density at radius 2 is 1.82 bits per heavy atom. The normalized spacial score (nSPS) is 18.1. The fourth-order valence-corrected chi connectivity index (χ4v) is 3.72. The highest BCUT2D eigenvalue weighted by Crippen LogP contribution is 2.42. The van der Waals surface area contributed by atoms with Gasteiger partial charge in [0.05, 0.1) is 11.1 Å². The first-order valence-electron chi connectivity index (χ1n) is 10.1. The van der Waals surface area contributed by atoms with Gasteiger partial charge in [0, 0.05) is 16.7 Å². The number of rotatable bonds is 6. The molecule has 34 heavy (non-hydrogen) atoms. The molecule has 11 heteroatoms. The lowest BCUT2D eigenvalue weighted by atomic mass is 9.85. The van der Waals surface area contributed by atoms with Crippen LogP contribution in [-0.4, -0.2) is 47.1 Å². The highest BCUT2D eigenvalue weighted by Gasteiger charge is 2.47. The number of Topliss-reactive ketones (excluding diaryl/α,β-unsaturated/α-hetero) is 1. The summed E-state index contributed by atoms with van der Waals surface area (Å²) in [6.07, 6.45) is -2.19. The first-order valence-corrected chi connectivity index (χ1v) is 10.5. The van der Waals surface area contributed by atoms with Crippen LogP contribution in [0, 0.1) is 5.82 Å². The van der Waals surface area contributed by atoms with E-state index in [1.807, 2.05) is 0 Å². The highest BCUT2D eigenvalue weighted by atomic mass is 35.5. The zero-order valence-corrected chi connectivity index (χ0v) is 19.2. The first-order chi connectivity index (χ1) is 15.9. The van der Waals surface area contributed by atoms with Gasteiger partial charge in [0.1, 0.15) is 23.7 Å². The fourth-order valence-electron chi connectivity index (χ4n) is 3.54. The van der Waals surface area contributed by atoms with Crippen LogP contribution in [0.4, 0.5) is 9.18 Å². The molecule has 0 fully saturated rings. The van der Waals surface area contributed by atoms with Gasteiger partial charge in [-0.05, 0) is 57.2 Å².